The molecule has 102 valence electrons. The van der Waals surface area contributed by atoms with Crippen LogP contribution in [0.3, 0.4) is 0 Å². The molecule has 2 amide bonds. The number of piperidine rings is 1. The number of urea groups is 1. The summed E-state index contributed by atoms with van der Waals surface area (Å²) < 4.78 is 0. The fourth-order valence-corrected chi connectivity index (χ4v) is 3.56. The Balaban J connectivity index is 1.66. The van der Waals surface area contributed by atoms with E-state index in [1.807, 2.05) is 4.90 Å². The summed E-state index contributed by atoms with van der Waals surface area (Å²) in [6, 6.07) is 0.810. The minimum absolute atomic E-state index is 0.112. The fourth-order valence-electron chi connectivity index (χ4n) is 3.56. The van der Waals surface area contributed by atoms with Crippen LogP contribution in [0, 0.1) is 5.92 Å². The molecule has 4 heteroatoms. The lowest BCUT2D eigenvalue weighted by atomic mass is 9.88. The lowest BCUT2D eigenvalue weighted by Gasteiger charge is -2.40. The standard InChI is InChI=1S/C14H24N2O2/c17-13-6-3-4-11(13)12-5-1-2-9-16(12)14(18)15-10-7-8-10/h10-13,17H,1-9H2,(H,15,18). The molecule has 3 atom stereocenters. The van der Waals surface area contributed by atoms with Gasteiger partial charge in [-0.3, -0.25) is 0 Å². The maximum absolute atomic E-state index is 12.3. The number of hydrogen-bond acceptors (Lipinski definition) is 2. The third kappa shape index (κ3) is 2.48. The van der Waals surface area contributed by atoms with Crippen LogP contribution in [0.15, 0.2) is 0 Å². The molecule has 3 aliphatic rings. The number of aliphatic hydroxyl groups is 1. The highest BCUT2D eigenvalue weighted by Crippen LogP contribution is 2.35. The Morgan fingerprint density at radius 2 is 1.89 bits per heavy atom. The first-order chi connectivity index (χ1) is 8.75. The molecule has 2 aliphatic carbocycles. The number of carbonyl (C=O) groups is 1. The van der Waals surface area contributed by atoms with Crippen molar-refractivity contribution in [3.63, 3.8) is 0 Å². The lowest BCUT2D eigenvalue weighted by molar-refractivity contribution is 0.0526. The summed E-state index contributed by atoms with van der Waals surface area (Å²) in [5.74, 6) is 0.315. The average molecular weight is 252 g/mol. The molecule has 1 aliphatic heterocycles. The van der Waals surface area contributed by atoms with Crippen molar-refractivity contribution in [3.8, 4) is 0 Å². The molecule has 3 rings (SSSR count). The molecule has 3 unspecified atom stereocenters. The van der Waals surface area contributed by atoms with Crippen LogP contribution in [0.5, 0.6) is 0 Å². The van der Waals surface area contributed by atoms with Crippen molar-refractivity contribution in [2.45, 2.75) is 69.6 Å². The van der Waals surface area contributed by atoms with Gasteiger partial charge in [-0.05, 0) is 44.9 Å². The summed E-state index contributed by atoms with van der Waals surface area (Å²) in [4.78, 5) is 14.3. The first kappa shape index (κ1) is 12.3. The molecule has 0 spiro atoms. The van der Waals surface area contributed by atoms with Crippen LogP contribution in [0.2, 0.25) is 0 Å². The fraction of sp³-hybridized carbons (Fsp3) is 0.929. The van der Waals surface area contributed by atoms with E-state index in [0.29, 0.717) is 12.0 Å². The van der Waals surface area contributed by atoms with Gasteiger partial charge < -0.3 is 15.3 Å². The Labute approximate surface area is 109 Å². The van der Waals surface area contributed by atoms with E-state index in [2.05, 4.69) is 5.32 Å². The lowest BCUT2D eigenvalue weighted by Crippen LogP contribution is -2.53. The number of likely N-dealkylation sites (tertiary alicyclic amines) is 1. The Kier molecular flexibility index (Phi) is 3.46. The van der Waals surface area contributed by atoms with Crippen molar-refractivity contribution >= 4 is 6.03 Å². The van der Waals surface area contributed by atoms with Gasteiger partial charge in [0, 0.05) is 24.5 Å². The number of nitrogens with one attached hydrogen (secondary N) is 1. The summed E-state index contributed by atoms with van der Waals surface area (Å²) in [5, 5.41) is 13.2. The van der Waals surface area contributed by atoms with Crippen LogP contribution >= 0.6 is 0 Å². The zero-order valence-corrected chi connectivity index (χ0v) is 11.0. The number of nitrogens with zero attached hydrogens (tertiary/aromatic N) is 1. The van der Waals surface area contributed by atoms with Gasteiger partial charge in [-0.1, -0.05) is 6.42 Å². The first-order valence-electron chi connectivity index (χ1n) is 7.51. The Bertz CT molecular complexity index is 317. The van der Waals surface area contributed by atoms with E-state index >= 15 is 0 Å². The highest BCUT2D eigenvalue weighted by Gasteiger charge is 2.39. The van der Waals surface area contributed by atoms with Gasteiger partial charge in [-0.25, -0.2) is 4.79 Å². The molecule has 1 heterocycles. The van der Waals surface area contributed by atoms with E-state index in [9.17, 15) is 9.90 Å². The van der Waals surface area contributed by atoms with Crippen molar-refractivity contribution in [2.24, 2.45) is 5.92 Å². The van der Waals surface area contributed by atoms with Gasteiger partial charge in [-0.15, -0.1) is 0 Å². The third-order valence-electron chi connectivity index (χ3n) is 4.74. The smallest absolute Gasteiger partial charge is 0.317 e. The van der Waals surface area contributed by atoms with Crippen molar-refractivity contribution in [1.29, 1.82) is 0 Å². The van der Waals surface area contributed by atoms with Crippen LogP contribution in [-0.4, -0.2) is 40.8 Å². The summed E-state index contributed by atoms with van der Waals surface area (Å²) in [6.45, 7) is 0.867. The first-order valence-corrected chi connectivity index (χ1v) is 7.51. The number of amides is 2. The van der Waals surface area contributed by atoms with E-state index in [1.54, 1.807) is 0 Å². The molecule has 0 radical (unpaired) electrons. The molecule has 2 saturated carbocycles. The second-order valence-corrected chi connectivity index (χ2v) is 6.14. The molecular weight excluding hydrogens is 228 g/mol. The molecule has 18 heavy (non-hydrogen) atoms. The predicted molar refractivity (Wildman–Crippen MR) is 69.2 cm³/mol. The molecule has 0 aromatic rings. The van der Waals surface area contributed by atoms with Gasteiger partial charge in [-0.2, -0.15) is 0 Å². The van der Waals surface area contributed by atoms with Gasteiger partial charge in [0.1, 0.15) is 0 Å². The van der Waals surface area contributed by atoms with Crippen LogP contribution in [0.1, 0.15) is 51.4 Å². The van der Waals surface area contributed by atoms with Crippen molar-refractivity contribution in [1.82, 2.24) is 10.2 Å². The minimum atomic E-state index is -0.190. The summed E-state index contributed by atoms with van der Waals surface area (Å²) >= 11 is 0. The van der Waals surface area contributed by atoms with Gasteiger partial charge in [0.15, 0.2) is 0 Å². The molecular formula is C14H24N2O2. The Morgan fingerprint density at radius 3 is 2.56 bits per heavy atom. The van der Waals surface area contributed by atoms with E-state index < -0.39 is 0 Å². The number of rotatable bonds is 2. The van der Waals surface area contributed by atoms with Gasteiger partial charge >= 0.3 is 6.03 Å². The zero-order valence-electron chi connectivity index (χ0n) is 11.0. The van der Waals surface area contributed by atoms with Crippen LogP contribution < -0.4 is 5.32 Å². The number of aliphatic hydroxyl groups excluding tert-OH is 1. The van der Waals surface area contributed by atoms with E-state index in [0.717, 1.165) is 51.5 Å². The Hall–Kier alpha value is -0.770. The highest BCUT2D eigenvalue weighted by atomic mass is 16.3. The molecule has 4 nitrogen and oxygen atoms in total. The summed E-state index contributed by atoms with van der Waals surface area (Å²) in [7, 11) is 0. The highest BCUT2D eigenvalue weighted by molar-refractivity contribution is 5.75. The largest absolute Gasteiger partial charge is 0.393 e. The van der Waals surface area contributed by atoms with Crippen LogP contribution in [-0.2, 0) is 0 Å². The van der Waals surface area contributed by atoms with Crippen LogP contribution in [0.4, 0.5) is 4.79 Å². The van der Waals surface area contributed by atoms with Crippen molar-refractivity contribution in [3.05, 3.63) is 0 Å². The molecule has 2 N–H and O–H groups in total. The molecule has 0 aromatic carbocycles. The predicted octanol–water partition coefficient (Wildman–Crippen LogP) is 1.87. The summed E-state index contributed by atoms with van der Waals surface area (Å²) in [6.07, 6.45) is 8.56. The maximum atomic E-state index is 12.3. The van der Waals surface area contributed by atoms with E-state index in [1.165, 1.54) is 6.42 Å². The topological polar surface area (TPSA) is 52.6 Å². The van der Waals surface area contributed by atoms with Gasteiger partial charge in [0.25, 0.3) is 0 Å². The molecule has 1 saturated heterocycles. The molecule has 3 fully saturated rings. The molecule has 0 bridgehead atoms. The maximum Gasteiger partial charge on any atom is 0.317 e. The third-order valence-corrected chi connectivity index (χ3v) is 4.74. The average Bonchev–Trinajstić information content (AvgIpc) is 3.09. The normalized spacial score (nSPS) is 36.7. The zero-order chi connectivity index (χ0) is 12.5. The SMILES string of the molecule is O=C(NC1CC1)N1CCCCC1C1CCCC1O. The van der Waals surface area contributed by atoms with Crippen molar-refractivity contribution < 1.29 is 9.90 Å². The van der Waals surface area contributed by atoms with Gasteiger partial charge in [0.05, 0.1) is 6.10 Å². The van der Waals surface area contributed by atoms with Crippen LogP contribution in [0.25, 0.3) is 0 Å². The summed E-state index contributed by atoms with van der Waals surface area (Å²) in [5.41, 5.74) is 0. The van der Waals surface area contributed by atoms with E-state index in [4.69, 9.17) is 0 Å². The van der Waals surface area contributed by atoms with E-state index in [-0.39, 0.29) is 18.2 Å². The number of hydrogen-bond donors (Lipinski definition) is 2. The number of carbonyl (C=O) groups excluding carboxylic acids is 1. The minimum Gasteiger partial charge on any atom is -0.393 e. The quantitative estimate of drug-likeness (QED) is 0.788. The second kappa shape index (κ2) is 5.08. The monoisotopic (exact) mass is 252 g/mol. The van der Waals surface area contributed by atoms with Gasteiger partial charge in [0.2, 0.25) is 0 Å². The second-order valence-electron chi connectivity index (χ2n) is 6.14. The Morgan fingerprint density at radius 1 is 1.06 bits per heavy atom. The molecule has 0 aromatic heterocycles. The van der Waals surface area contributed by atoms with Crippen molar-refractivity contribution in [2.75, 3.05) is 6.54 Å².